The Bertz CT molecular complexity index is 1200. The minimum atomic E-state index is -1.30. The molecule has 5 rings (SSSR count). The monoisotopic (exact) mass is 539 g/mol. The van der Waals surface area contributed by atoms with Gasteiger partial charge in [0, 0.05) is 17.4 Å². The smallest absolute Gasteiger partial charge is 0.311 e. The summed E-state index contributed by atoms with van der Waals surface area (Å²) in [6.07, 6.45) is 6.90. The first-order valence-electron chi connectivity index (χ1n) is 14.0. The van der Waals surface area contributed by atoms with E-state index in [1.165, 1.54) is 6.08 Å². The second kappa shape index (κ2) is 8.46. The van der Waals surface area contributed by atoms with Crippen molar-refractivity contribution in [3.8, 4) is 6.07 Å². The standard InChI is InChI=1S/C31H41NO5S/c1-17-14-22-20-9-8-18-15-19(33)16-23(34)30(18,7)21(20)10-11-29(22,6)31(17,26(36)38-13-12-32)37-25(35)24-27(2,3)28(24,4)5/h15-17,20-22,24,33H,8-11,13-14H2,1-7H3/t17-,20-,21+,22+,29+,30+,31+/m1/s1. The number of carbonyl (C=O) groups excluding carboxylic acids is 3. The third-order valence-electron chi connectivity index (χ3n) is 12.3. The molecule has 4 fully saturated rings. The highest BCUT2D eigenvalue weighted by Gasteiger charge is 2.75. The molecule has 0 spiro atoms. The first-order valence-corrected chi connectivity index (χ1v) is 15.0. The van der Waals surface area contributed by atoms with E-state index in [-0.39, 0.29) is 68.8 Å². The number of rotatable bonds is 4. The van der Waals surface area contributed by atoms with Crippen molar-refractivity contribution in [1.29, 1.82) is 5.26 Å². The molecule has 0 unspecified atom stereocenters. The summed E-state index contributed by atoms with van der Waals surface area (Å²) < 4.78 is 6.54. The van der Waals surface area contributed by atoms with E-state index < -0.39 is 16.4 Å². The summed E-state index contributed by atoms with van der Waals surface area (Å²) in [6, 6.07) is 2.08. The van der Waals surface area contributed by atoms with Crippen molar-refractivity contribution in [2.45, 2.75) is 86.2 Å². The summed E-state index contributed by atoms with van der Waals surface area (Å²) in [4.78, 5) is 41.2. The number of aliphatic hydroxyl groups excluding tert-OH is 1. The average Bonchev–Trinajstić information content (AvgIpc) is 3.12. The molecular weight excluding hydrogens is 498 g/mol. The number of aliphatic hydroxyl groups is 1. The normalized spacial score (nSPS) is 42.5. The van der Waals surface area contributed by atoms with Gasteiger partial charge in [0.15, 0.2) is 11.4 Å². The van der Waals surface area contributed by atoms with Gasteiger partial charge < -0.3 is 9.84 Å². The summed E-state index contributed by atoms with van der Waals surface area (Å²) in [5.41, 5.74) is -1.95. The van der Waals surface area contributed by atoms with E-state index >= 15 is 0 Å². The molecule has 0 saturated heterocycles. The maximum atomic E-state index is 14.1. The number of hydrogen-bond donors (Lipinski definition) is 1. The van der Waals surface area contributed by atoms with Crippen LogP contribution in [0.1, 0.15) is 80.6 Å². The van der Waals surface area contributed by atoms with E-state index in [1.807, 2.05) is 13.8 Å². The molecule has 0 aromatic carbocycles. The van der Waals surface area contributed by atoms with Crippen LogP contribution in [0.15, 0.2) is 23.5 Å². The van der Waals surface area contributed by atoms with E-state index in [2.05, 4.69) is 40.7 Å². The van der Waals surface area contributed by atoms with Gasteiger partial charge in [0.05, 0.1) is 23.2 Å². The largest absolute Gasteiger partial charge is 0.508 e. The fraction of sp³-hybridized carbons (Fsp3) is 0.742. The molecule has 7 heteroatoms. The molecule has 1 N–H and O–H groups in total. The molecular formula is C31H41NO5S. The van der Waals surface area contributed by atoms with Gasteiger partial charge in [-0.2, -0.15) is 5.26 Å². The summed E-state index contributed by atoms with van der Waals surface area (Å²) >= 11 is 0.976. The minimum Gasteiger partial charge on any atom is -0.508 e. The van der Waals surface area contributed by atoms with Gasteiger partial charge >= 0.3 is 5.97 Å². The number of nitriles is 1. The number of ketones is 1. The molecule has 206 valence electrons. The van der Waals surface area contributed by atoms with Gasteiger partial charge in [-0.1, -0.05) is 58.9 Å². The highest BCUT2D eigenvalue weighted by atomic mass is 32.2. The Hall–Kier alpha value is -2.07. The first-order chi connectivity index (χ1) is 17.6. The van der Waals surface area contributed by atoms with Crippen LogP contribution in [0.25, 0.3) is 0 Å². The van der Waals surface area contributed by atoms with Gasteiger partial charge in [0.1, 0.15) is 5.76 Å². The van der Waals surface area contributed by atoms with Crippen LogP contribution in [0.5, 0.6) is 0 Å². The van der Waals surface area contributed by atoms with Gasteiger partial charge in [-0.25, -0.2) is 0 Å². The van der Waals surface area contributed by atoms with E-state index in [9.17, 15) is 24.8 Å². The summed E-state index contributed by atoms with van der Waals surface area (Å²) in [6.45, 7) is 14.5. The van der Waals surface area contributed by atoms with Gasteiger partial charge in [-0.05, 0) is 73.7 Å². The van der Waals surface area contributed by atoms with Crippen LogP contribution in [0, 0.1) is 62.6 Å². The molecule has 0 aromatic heterocycles. The van der Waals surface area contributed by atoms with Gasteiger partial charge in [-0.15, -0.1) is 0 Å². The predicted molar refractivity (Wildman–Crippen MR) is 146 cm³/mol. The lowest BCUT2D eigenvalue weighted by molar-refractivity contribution is -0.192. The quantitative estimate of drug-likeness (QED) is 0.426. The number of esters is 1. The van der Waals surface area contributed by atoms with E-state index in [4.69, 9.17) is 4.74 Å². The van der Waals surface area contributed by atoms with Crippen molar-refractivity contribution >= 4 is 28.6 Å². The highest BCUT2D eigenvalue weighted by molar-refractivity contribution is 8.14. The second-order valence-electron chi connectivity index (χ2n) is 14.1. The van der Waals surface area contributed by atoms with Crippen LogP contribution in [0.3, 0.4) is 0 Å². The number of carbonyl (C=O) groups is 3. The third-order valence-corrected chi connectivity index (χ3v) is 13.2. The van der Waals surface area contributed by atoms with Gasteiger partial charge in [0.25, 0.3) is 0 Å². The molecule has 0 bridgehead atoms. The van der Waals surface area contributed by atoms with Crippen molar-refractivity contribution in [2.24, 2.45) is 51.2 Å². The summed E-state index contributed by atoms with van der Waals surface area (Å²) in [5, 5.41) is 19.2. The van der Waals surface area contributed by atoms with Crippen molar-refractivity contribution in [1.82, 2.24) is 0 Å². The van der Waals surface area contributed by atoms with Crippen LogP contribution in [0.2, 0.25) is 0 Å². The Morgan fingerprint density at radius 2 is 1.76 bits per heavy atom. The topological polar surface area (TPSA) is 104 Å². The Balaban J connectivity index is 1.53. The number of ether oxygens (including phenoxy) is 1. The van der Waals surface area contributed by atoms with Crippen molar-refractivity contribution in [2.75, 3.05) is 5.75 Å². The zero-order chi connectivity index (χ0) is 28.1. The fourth-order valence-corrected chi connectivity index (χ4v) is 10.4. The second-order valence-corrected chi connectivity index (χ2v) is 15.0. The molecule has 5 aliphatic carbocycles. The first kappa shape index (κ1) is 27.5. The van der Waals surface area contributed by atoms with Gasteiger partial charge in [0.2, 0.25) is 5.12 Å². The Morgan fingerprint density at radius 3 is 2.37 bits per heavy atom. The Kier molecular flexibility index (Phi) is 6.12. The molecule has 4 saturated carbocycles. The van der Waals surface area contributed by atoms with Crippen LogP contribution < -0.4 is 0 Å². The zero-order valence-corrected chi connectivity index (χ0v) is 24.5. The van der Waals surface area contributed by atoms with Crippen LogP contribution in [-0.2, 0) is 19.1 Å². The number of hydrogen-bond acceptors (Lipinski definition) is 7. The fourth-order valence-electron chi connectivity index (χ4n) is 9.52. The van der Waals surface area contributed by atoms with E-state index in [1.54, 1.807) is 6.08 Å². The molecule has 0 radical (unpaired) electrons. The van der Waals surface area contributed by atoms with E-state index in [0.717, 1.165) is 43.0 Å². The molecule has 6 nitrogen and oxygen atoms in total. The molecule has 0 amide bonds. The lowest BCUT2D eigenvalue weighted by Crippen LogP contribution is -2.61. The van der Waals surface area contributed by atoms with Gasteiger partial charge in [-0.3, -0.25) is 14.4 Å². The lowest BCUT2D eigenvalue weighted by Gasteiger charge is -2.58. The van der Waals surface area contributed by atoms with E-state index in [0.29, 0.717) is 6.42 Å². The third kappa shape index (κ3) is 3.28. The minimum absolute atomic E-state index is 0.0224. The van der Waals surface area contributed by atoms with Crippen molar-refractivity contribution in [3.63, 3.8) is 0 Å². The van der Waals surface area contributed by atoms with Crippen LogP contribution in [0.4, 0.5) is 0 Å². The summed E-state index contributed by atoms with van der Waals surface area (Å²) in [5.74, 6) is -0.326. The molecule has 0 heterocycles. The molecule has 5 aliphatic rings. The molecule has 38 heavy (non-hydrogen) atoms. The highest BCUT2D eigenvalue weighted by Crippen LogP contribution is 2.72. The number of thioether (sulfide) groups is 1. The maximum Gasteiger partial charge on any atom is 0.311 e. The van der Waals surface area contributed by atoms with Crippen molar-refractivity contribution in [3.05, 3.63) is 23.5 Å². The van der Waals surface area contributed by atoms with Crippen molar-refractivity contribution < 1.29 is 24.2 Å². The molecule has 0 aromatic rings. The summed E-state index contributed by atoms with van der Waals surface area (Å²) in [7, 11) is 0. The average molecular weight is 540 g/mol. The number of allylic oxidation sites excluding steroid dienone is 3. The van der Waals surface area contributed by atoms with Crippen LogP contribution >= 0.6 is 11.8 Å². The van der Waals surface area contributed by atoms with Crippen LogP contribution in [-0.4, -0.2) is 33.3 Å². The zero-order valence-electron chi connectivity index (χ0n) is 23.7. The molecule has 7 atom stereocenters. The Labute approximate surface area is 230 Å². The molecule has 0 aliphatic heterocycles. The maximum absolute atomic E-state index is 14.1. The Morgan fingerprint density at radius 1 is 1.11 bits per heavy atom. The lowest BCUT2D eigenvalue weighted by atomic mass is 9.46. The SMILES string of the molecule is C[C@@H]1C[C@H]2[C@@H]3CCC4=CC(O)=CC(=O)[C@]4(C)[C@H]3CC[C@]2(C)[C@@]1(OC(=O)C1C(C)(C)C1(C)C)C(=O)SCC#N. The predicted octanol–water partition coefficient (Wildman–Crippen LogP) is 6.17. The number of fused-ring (bicyclic) bond motifs is 5. The number of nitrogens with zero attached hydrogens (tertiary/aromatic N) is 1.